The fourth-order valence-corrected chi connectivity index (χ4v) is 2.01. The molecule has 0 amide bonds. The first-order valence-corrected chi connectivity index (χ1v) is 5.72. The Morgan fingerprint density at radius 3 is 2.69 bits per heavy atom. The molecule has 2 N–H and O–H groups in total. The molecule has 2 rings (SSSR count). The topological polar surface area (TPSA) is 52.3 Å². The van der Waals surface area contributed by atoms with Gasteiger partial charge in [0.25, 0.3) is 0 Å². The van der Waals surface area contributed by atoms with Crippen LogP contribution in [0.5, 0.6) is 0 Å². The van der Waals surface area contributed by atoms with Crippen molar-refractivity contribution in [3.05, 3.63) is 35.4 Å². The summed E-state index contributed by atoms with van der Waals surface area (Å²) in [5.74, 6) is 0.621. The van der Waals surface area contributed by atoms with Crippen molar-refractivity contribution < 1.29 is 9.53 Å². The van der Waals surface area contributed by atoms with Gasteiger partial charge in [-0.2, -0.15) is 0 Å². The number of Topliss-reactive ketones (excluding diaryl/α,β-unsaturated/α-hetero) is 1. The predicted octanol–water partition coefficient (Wildman–Crippen LogP) is 1.72. The molecule has 16 heavy (non-hydrogen) atoms. The summed E-state index contributed by atoms with van der Waals surface area (Å²) < 4.78 is 5.34. The number of carbonyl (C=O) groups excluding carboxylic acids is 1. The number of ketones is 1. The van der Waals surface area contributed by atoms with E-state index in [0.29, 0.717) is 18.9 Å². The van der Waals surface area contributed by atoms with Crippen LogP contribution in [-0.2, 0) is 4.74 Å². The van der Waals surface area contributed by atoms with Crippen molar-refractivity contribution in [3.63, 3.8) is 0 Å². The summed E-state index contributed by atoms with van der Waals surface area (Å²) in [4.78, 5) is 11.6. The quantitative estimate of drug-likeness (QED) is 0.784. The van der Waals surface area contributed by atoms with E-state index in [1.165, 1.54) is 5.56 Å². The molecule has 0 aromatic heterocycles. The number of rotatable bonds is 4. The lowest BCUT2D eigenvalue weighted by atomic mass is 9.96. The normalized spacial score (nSPS) is 19.9. The van der Waals surface area contributed by atoms with E-state index in [2.05, 4.69) is 0 Å². The van der Waals surface area contributed by atoms with Gasteiger partial charge >= 0.3 is 0 Å². The Bertz CT molecular complexity index is 353. The van der Waals surface area contributed by atoms with Crippen LogP contribution in [0, 0.1) is 0 Å². The smallest absolute Gasteiger partial charge is 0.164 e. The van der Waals surface area contributed by atoms with Gasteiger partial charge in [-0.3, -0.25) is 4.79 Å². The number of ether oxygens (including phenoxy) is 1. The summed E-state index contributed by atoms with van der Waals surface area (Å²) in [5.41, 5.74) is 7.38. The highest BCUT2D eigenvalue weighted by Crippen LogP contribution is 2.25. The summed E-state index contributed by atoms with van der Waals surface area (Å²) >= 11 is 0. The van der Waals surface area contributed by atoms with Crippen LogP contribution in [0.1, 0.15) is 34.7 Å². The zero-order chi connectivity index (χ0) is 11.4. The number of hydrogen-bond acceptors (Lipinski definition) is 3. The van der Waals surface area contributed by atoms with E-state index < -0.39 is 0 Å². The summed E-state index contributed by atoms with van der Waals surface area (Å²) in [6.07, 6.45) is 1.50. The first-order valence-electron chi connectivity index (χ1n) is 5.72. The Labute approximate surface area is 95.6 Å². The van der Waals surface area contributed by atoms with Gasteiger partial charge in [-0.1, -0.05) is 24.3 Å². The first-order chi connectivity index (χ1) is 7.81. The van der Waals surface area contributed by atoms with Gasteiger partial charge in [0.05, 0.1) is 6.61 Å². The molecule has 0 bridgehead atoms. The fraction of sp³-hybridized carbons (Fsp3) is 0.462. The van der Waals surface area contributed by atoms with Crippen molar-refractivity contribution in [2.45, 2.75) is 18.8 Å². The van der Waals surface area contributed by atoms with Crippen LogP contribution in [0.25, 0.3) is 0 Å². The molecule has 1 atom stereocenters. The Morgan fingerprint density at radius 2 is 2.12 bits per heavy atom. The van der Waals surface area contributed by atoms with Crippen molar-refractivity contribution >= 4 is 5.78 Å². The van der Waals surface area contributed by atoms with Crippen molar-refractivity contribution in [2.24, 2.45) is 5.73 Å². The maximum absolute atomic E-state index is 11.6. The van der Waals surface area contributed by atoms with Crippen LogP contribution >= 0.6 is 0 Å². The van der Waals surface area contributed by atoms with Crippen LogP contribution in [0.2, 0.25) is 0 Å². The van der Waals surface area contributed by atoms with Gasteiger partial charge in [0, 0.05) is 24.5 Å². The Kier molecular flexibility index (Phi) is 3.70. The standard InChI is InChI=1S/C13H17NO2/c14-7-5-13(15)11-3-1-10(2-4-11)12-6-8-16-9-12/h1-4,12H,5-9,14H2. The van der Waals surface area contributed by atoms with E-state index in [1.54, 1.807) is 0 Å². The van der Waals surface area contributed by atoms with E-state index in [1.807, 2.05) is 24.3 Å². The summed E-state index contributed by atoms with van der Waals surface area (Å²) in [6, 6.07) is 7.85. The number of hydrogen-bond donors (Lipinski definition) is 1. The number of carbonyl (C=O) groups is 1. The van der Waals surface area contributed by atoms with Crippen molar-refractivity contribution in [1.29, 1.82) is 0 Å². The second-order valence-corrected chi connectivity index (χ2v) is 4.14. The molecule has 0 aliphatic carbocycles. The van der Waals surface area contributed by atoms with Gasteiger partial charge < -0.3 is 10.5 Å². The molecular weight excluding hydrogens is 202 g/mol. The predicted molar refractivity (Wildman–Crippen MR) is 62.6 cm³/mol. The molecule has 1 unspecified atom stereocenters. The second-order valence-electron chi connectivity index (χ2n) is 4.14. The summed E-state index contributed by atoms with van der Waals surface area (Å²) in [5, 5.41) is 0. The van der Waals surface area contributed by atoms with Gasteiger partial charge in [0.1, 0.15) is 0 Å². The van der Waals surface area contributed by atoms with Crippen LogP contribution in [0.3, 0.4) is 0 Å². The molecule has 1 aromatic carbocycles. The van der Waals surface area contributed by atoms with E-state index in [0.717, 1.165) is 25.2 Å². The largest absolute Gasteiger partial charge is 0.381 e. The molecule has 3 nitrogen and oxygen atoms in total. The molecule has 0 spiro atoms. The molecule has 0 saturated carbocycles. The highest BCUT2D eigenvalue weighted by Gasteiger charge is 2.17. The van der Waals surface area contributed by atoms with Gasteiger partial charge in [-0.15, -0.1) is 0 Å². The van der Waals surface area contributed by atoms with E-state index in [4.69, 9.17) is 10.5 Å². The average molecular weight is 219 g/mol. The lowest BCUT2D eigenvalue weighted by Crippen LogP contribution is -2.08. The molecular formula is C13H17NO2. The van der Waals surface area contributed by atoms with Gasteiger partial charge in [-0.25, -0.2) is 0 Å². The second kappa shape index (κ2) is 5.23. The molecule has 1 aliphatic rings. The maximum atomic E-state index is 11.6. The third kappa shape index (κ3) is 2.49. The van der Waals surface area contributed by atoms with E-state index in [9.17, 15) is 4.79 Å². The average Bonchev–Trinajstić information content (AvgIpc) is 2.83. The zero-order valence-electron chi connectivity index (χ0n) is 9.32. The van der Waals surface area contributed by atoms with Crippen molar-refractivity contribution in [2.75, 3.05) is 19.8 Å². The SMILES string of the molecule is NCCC(=O)c1ccc(C2CCOC2)cc1. The van der Waals surface area contributed by atoms with Crippen molar-refractivity contribution in [3.8, 4) is 0 Å². The zero-order valence-corrected chi connectivity index (χ0v) is 9.32. The van der Waals surface area contributed by atoms with Crippen LogP contribution in [0.4, 0.5) is 0 Å². The van der Waals surface area contributed by atoms with Gasteiger partial charge in [0.2, 0.25) is 0 Å². The number of nitrogens with two attached hydrogens (primary N) is 1. The summed E-state index contributed by atoms with van der Waals surface area (Å²) in [7, 11) is 0. The third-order valence-electron chi connectivity index (χ3n) is 3.01. The molecule has 1 saturated heterocycles. The Hall–Kier alpha value is -1.19. The van der Waals surface area contributed by atoms with E-state index in [-0.39, 0.29) is 5.78 Å². The molecule has 1 aliphatic heterocycles. The minimum absolute atomic E-state index is 0.122. The highest BCUT2D eigenvalue weighted by atomic mass is 16.5. The molecule has 86 valence electrons. The third-order valence-corrected chi connectivity index (χ3v) is 3.01. The minimum Gasteiger partial charge on any atom is -0.381 e. The molecule has 1 fully saturated rings. The van der Waals surface area contributed by atoms with E-state index >= 15 is 0 Å². The monoisotopic (exact) mass is 219 g/mol. The van der Waals surface area contributed by atoms with Crippen LogP contribution in [-0.4, -0.2) is 25.5 Å². The number of benzene rings is 1. The lowest BCUT2D eigenvalue weighted by molar-refractivity contribution is 0.0985. The first kappa shape index (κ1) is 11.3. The molecule has 0 radical (unpaired) electrons. The fourth-order valence-electron chi connectivity index (χ4n) is 2.01. The van der Waals surface area contributed by atoms with Crippen LogP contribution < -0.4 is 5.73 Å². The summed E-state index contributed by atoms with van der Waals surface area (Å²) in [6.45, 7) is 2.06. The molecule has 1 heterocycles. The lowest BCUT2D eigenvalue weighted by Gasteiger charge is -2.08. The minimum atomic E-state index is 0.122. The maximum Gasteiger partial charge on any atom is 0.164 e. The highest BCUT2D eigenvalue weighted by molar-refractivity contribution is 5.96. The van der Waals surface area contributed by atoms with Gasteiger partial charge in [-0.05, 0) is 18.5 Å². The molecule has 1 aromatic rings. The van der Waals surface area contributed by atoms with Gasteiger partial charge in [0.15, 0.2) is 5.78 Å². The Morgan fingerprint density at radius 1 is 1.38 bits per heavy atom. The Balaban J connectivity index is 2.06. The van der Waals surface area contributed by atoms with Crippen LogP contribution in [0.15, 0.2) is 24.3 Å². The molecule has 3 heteroatoms. The van der Waals surface area contributed by atoms with Crippen molar-refractivity contribution in [1.82, 2.24) is 0 Å².